The monoisotopic (exact) mass is 307 g/mol. The van der Waals surface area contributed by atoms with Gasteiger partial charge in [-0.15, -0.1) is 0 Å². The second kappa shape index (κ2) is 5.64. The van der Waals surface area contributed by atoms with Crippen molar-refractivity contribution in [2.75, 3.05) is 11.4 Å². The van der Waals surface area contributed by atoms with Gasteiger partial charge in [0.1, 0.15) is 0 Å². The van der Waals surface area contributed by atoms with E-state index in [0.29, 0.717) is 0 Å². The zero-order valence-electron chi connectivity index (χ0n) is 10.9. The zero-order chi connectivity index (χ0) is 12.4. The predicted octanol–water partition coefficient (Wildman–Crippen LogP) is 4.74. The van der Waals surface area contributed by atoms with Crippen molar-refractivity contribution in [2.45, 2.75) is 49.9 Å². The van der Waals surface area contributed by atoms with E-state index in [4.69, 9.17) is 0 Å². The highest BCUT2D eigenvalue weighted by Gasteiger charge is 2.33. The van der Waals surface area contributed by atoms with Crippen LogP contribution in [0.3, 0.4) is 0 Å². The van der Waals surface area contributed by atoms with Gasteiger partial charge >= 0.3 is 0 Å². The third-order valence-corrected chi connectivity index (χ3v) is 5.29. The Labute approximate surface area is 119 Å². The summed E-state index contributed by atoms with van der Waals surface area (Å²) in [4.78, 5) is 2.70. The molecule has 1 atom stereocenters. The highest BCUT2D eigenvalue weighted by Crippen LogP contribution is 2.39. The molecule has 0 N–H and O–H groups in total. The fraction of sp³-hybridized carbons (Fsp3) is 0.625. The van der Waals surface area contributed by atoms with Gasteiger partial charge in [-0.2, -0.15) is 0 Å². The van der Waals surface area contributed by atoms with E-state index in [2.05, 4.69) is 45.1 Å². The quantitative estimate of drug-likeness (QED) is 0.729. The number of anilines is 1. The average Bonchev–Trinajstić information content (AvgIpc) is 3.09. The van der Waals surface area contributed by atoms with Crippen LogP contribution in [0.4, 0.5) is 5.69 Å². The second-order valence-electron chi connectivity index (χ2n) is 5.71. The van der Waals surface area contributed by atoms with Crippen molar-refractivity contribution in [2.24, 2.45) is 5.92 Å². The van der Waals surface area contributed by atoms with E-state index in [1.165, 1.54) is 56.3 Å². The number of benzene rings is 1. The van der Waals surface area contributed by atoms with Gasteiger partial charge in [0, 0.05) is 23.6 Å². The molecule has 3 rings (SSSR count). The Hall–Kier alpha value is -0.500. The van der Waals surface area contributed by atoms with Crippen molar-refractivity contribution in [3.63, 3.8) is 0 Å². The lowest BCUT2D eigenvalue weighted by Gasteiger charge is -2.32. The number of alkyl halides is 1. The molecule has 2 heteroatoms. The van der Waals surface area contributed by atoms with Crippen molar-refractivity contribution in [1.29, 1.82) is 0 Å². The maximum absolute atomic E-state index is 3.63. The number of rotatable bonds is 3. The maximum Gasteiger partial charge on any atom is 0.0409 e. The number of nitrogens with zero attached hydrogens (tertiary/aromatic N) is 1. The van der Waals surface area contributed by atoms with Crippen LogP contribution in [0.5, 0.6) is 0 Å². The molecular formula is C16H22BrN. The van der Waals surface area contributed by atoms with Gasteiger partial charge in [-0.05, 0) is 43.2 Å². The van der Waals surface area contributed by atoms with Gasteiger partial charge in [0.15, 0.2) is 0 Å². The number of hydrogen-bond donors (Lipinski definition) is 0. The molecule has 0 amide bonds. The molecule has 0 radical (unpaired) electrons. The molecule has 1 aromatic carbocycles. The Morgan fingerprint density at radius 2 is 1.83 bits per heavy atom. The third-order valence-electron chi connectivity index (χ3n) is 4.69. The molecule has 1 saturated carbocycles. The van der Waals surface area contributed by atoms with Crippen LogP contribution in [-0.2, 0) is 5.33 Å². The van der Waals surface area contributed by atoms with Crippen LogP contribution in [0.25, 0.3) is 0 Å². The normalized spacial score (nSPS) is 24.9. The standard InChI is InChI=1S/C16H22BrN/c17-12-14-8-3-4-9-16(14)18-11-5-10-15(18)13-6-1-2-7-13/h3-4,8-9,13,15H,1-2,5-7,10-12H2. The fourth-order valence-corrected chi connectivity index (χ4v) is 4.30. The maximum atomic E-state index is 3.63. The summed E-state index contributed by atoms with van der Waals surface area (Å²) in [6.07, 6.45) is 8.60. The van der Waals surface area contributed by atoms with Gasteiger partial charge in [0.25, 0.3) is 0 Å². The van der Waals surface area contributed by atoms with Crippen LogP contribution in [-0.4, -0.2) is 12.6 Å². The number of hydrogen-bond acceptors (Lipinski definition) is 1. The first-order valence-electron chi connectivity index (χ1n) is 7.30. The first-order chi connectivity index (χ1) is 8.90. The molecule has 1 aliphatic heterocycles. The van der Waals surface area contributed by atoms with Crippen molar-refractivity contribution in [3.8, 4) is 0 Å². The minimum absolute atomic E-state index is 0.813. The van der Waals surface area contributed by atoms with Crippen LogP contribution < -0.4 is 4.90 Å². The van der Waals surface area contributed by atoms with Crippen LogP contribution >= 0.6 is 15.9 Å². The average molecular weight is 308 g/mol. The molecule has 1 unspecified atom stereocenters. The summed E-state index contributed by atoms with van der Waals surface area (Å²) in [5, 5.41) is 0.969. The Kier molecular flexibility index (Phi) is 3.93. The van der Waals surface area contributed by atoms with Gasteiger partial charge in [0.05, 0.1) is 0 Å². The SMILES string of the molecule is BrCc1ccccc1N1CCCC1C1CCCC1. The fourth-order valence-electron chi connectivity index (χ4n) is 3.83. The summed E-state index contributed by atoms with van der Waals surface area (Å²) < 4.78 is 0. The Morgan fingerprint density at radius 1 is 1.06 bits per heavy atom. The van der Waals surface area contributed by atoms with E-state index < -0.39 is 0 Å². The van der Waals surface area contributed by atoms with E-state index >= 15 is 0 Å². The molecule has 98 valence electrons. The minimum Gasteiger partial charge on any atom is -0.368 e. The third kappa shape index (κ3) is 2.32. The molecule has 0 aromatic heterocycles. The number of halogens is 1. The van der Waals surface area contributed by atoms with Crippen molar-refractivity contribution in [3.05, 3.63) is 29.8 Å². The van der Waals surface area contributed by atoms with Gasteiger partial charge in [-0.3, -0.25) is 0 Å². The smallest absolute Gasteiger partial charge is 0.0409 e. The van der Waals surface area contributed by atoms with Crippen LogP contribution in [0, 0.1) is 5.92 Å². The van der Waals surface area contributed by atoms with Gasteiger partial charge < -0.3 is 4.90 Å². The zero-order valence-corrected chi connectivity index (χ0v) is 12.5. The van der Waals surface area contributed by atoms with E-state index in [-0.39, 0.29) is 0 Å². The molecule has 0 spiro atoms. The molecule has 1 nitrogen and oxygen atoms in total. The van der Waals surface area contributed by atoms with Crippen molar-refractivity contribution in [1.82, 2.24) is 0 Å². The lowest BCUT2D eigenvalue weighted by molar-refractivity contribution is 0.430. The summed E-state index contributed by atoms with van der Waals surface area (Å²) in [6, 6.07) is 9.72. The Morgan fingerprint density at radius 3 is 2.61 bits per heavy atom. The summed E-state index contributed by atoms with van der Waals surface area (Å²) in [5.41, 5.74) is 2.92. The Bertz CT molecular complexity index is 398. The summed E-state index contributed by atoms with van der Waals surface area (Å²) in [7, 11) is 0. The summed E-state index contributed by atoms with van der Waals surface area (Å²) >= 11 is 3.63. The van der Waals surface area contributed by atoms with E-state index in [0.717, 1.165) is 17.3 Å². The molecule has 1 saturated heterocycles. The largest absolute Gasteiger partial charge is 0.368 e. The van der Waals surface area contributed by atoms with E-state index in [9.17, 15) is 0 Å². The molecule has 18 heavy (non-hydrogen) atoms. The highest BCUT2D eigenvalue weighted by atomic mass is 79.9. The molecule has 1 aliphatic carbocycles. The Balaban J connectivity index is 1.85. The molecule has 1 aromatic rings. The van der Waals surface area contributed by atoms with Crippen molar-refractivity contribution >= 4 is 21.6 Å². The van der Waals surface area contributed by atoms with Crippen LogP contribution in [0.2, 0.25) is 0 Å². The van der Waals surface area contributed by atoms with E-state index in [1.54, 1.807) is 0 Å². The van der Waals surface area contributed by atoms with Gasteiger partial charge in [-0.25, -0.2) is 0 Å². The lowest BCUT2D eigenvalue weighted by atomic mass is 9.95. The lowest BCUT2D eigenvalue weighted by Crippen LogP contribution is -2.35. The molecule has 1 heterocycles. The molecule has 0 bridgehead atoms. The molecule has 2 fully saturated rings. The number of para-hydroxylation sites is 1. The van der Waals surface area contributed by atoms with Crippen LogP contribution in [0.1, 0.15) is 44.1 Å². The first-order valence-corrected chi connectivity index (χ1v) is 8.43. The van der Waals surface area contributed by atoms with Gasteiger partial charge in [-0.1, -0.05) is 47.0 Å². The van der Waals surface area contributed by atoms with Crippen molar-refractivity contribution < 1.29 is 0 Å². The minimum atomic E-state index is 0.813. The summed E-state index contributed by atoms with van der Waals surface area (Å²) in [6.45, 7) is 1.26. The van der Waals surface area contributed by atoms with E-state index in [1.807, 2.05) is 0 Å². The first kappa shape index (κ1) is 12.5. The summed E-state index contributed by atoms with van der Waals surface area (Å²) in [5.74, 6) is 0.955. The topological polar surface area (TPSA) is 3.24 Å². The van der Waals surface area contributed by atoms with Crippen LogP contribution in [0.15, 0.2) is 24.3 Å². The second-order valence-corrected chi connectivity index (χ2v) is 6.27. The molecular weight excluding hydrogens is 286 g/mol. The highest BCUT2D eigenvalue weighted by molar-refractivity contribution is 9.08. The molecule has 2 aliphatic rings. The predicted molar refractivity (Wildman–Crippen MR) is 81.4 cm³/mol. The van der Waals surface area contributed by atoms with Gasteiger partial charge in [0.2, 0.25) is 0 Å².